The van der Waals surface area contributed by atoms with Crippen LogP contribution in [0.5, 0.6) is 0 Å². The zero-order valence-corrected chi connectivity index (χ0v) is 14.1. The molecule has 0 atom stereocenters. The van der Waals surface area contributed by atoms with Crippen molar-refractivity contribution in [3.63, 3.8) is 0 Å². The van der Waals surface area contributed by atoms with Gasteiger partial charge in [0.1, 0.15) is 11.6 Å². The highest BCUT2D eigenvalue weighted by molar-refractivity contribution is 7.15. The molecule has 0 unspecified atom stereocenters. The van der Waals surface area contributed by atoms with Crippen LogP contribution in [0.4, 0.5) is 5.13 Å². The first-order valence-corrected chi connectivity index (χ1v) is 7.75. The number of ether oxygens (including phenoxy) is 1. The lowest BCUT2D eigenvalue weighted by atomic mass is 10.1. The van der Waals surface area contributed by atoms with Gasteiger partial charge in [0.15, 0.2) is 5.65 Å². The second kappa shape index (κ2) is 6.01. The number of amides is 1. The van der Waals surface area contributed by atoms with Gasteiger partial charge in [-0.15, -0.1) is 10.2 Å². The maximum absolute atomic E-state index is 12.6. The molecule has 9 heteroatoms. The van der Waals surface area contributed by atoms with Gasteiger partial charge >= 0.3 is 0 Å². The number of carbonyl (C=O) groups excluding carboxylic acids is 1. The molecule has 120 valence electrons. The highest BCUT2D eigenvalue weighted by Crippen LogP contribution is 2.23. The molecular formula is C14H16N6O2S. The molecule has 0 fully saturated rings. The average Bonchev–Trinajstić information content (AvgIpc) is 3.04. The van der Waals surface area contributed by atoms with E-state index in [1.807, 2.05) is 20.9 Å². The van der Waals surface area contributed by atoms with Crippen molar-refractivity contribution in [2.75, 3.05) is 12.4 Å². The van der Waals surface area contributed by atoms with E-state index in [4.69, 9.17) is 4.74 Å². The minimum Gasteiger partial charge on any atom is -0.377 e. The molecule has 3 aromatic rings. The van der Waals surface area contributed by atoms with Crippen LogP contribution in [-0.4, -0.2) is 38.0 Å². The van der Waals surface area contributed by atoms with Gasteiger partial charge in [-0.2, -0.15) is 5.10 Å². The van der Waals surface area contributed by atoms with Crippen molar-refractivity contribution < 1.29 is 9.53 Å². The molecule has 8 nitrogen and oxygen atoms in total. The number of hydrogen-bond donors (Lipinski definition) is 1. The topological polar surface area (TPSA) is 94.8 Å². The molecule has 0 aliphatic rings. The smallest absolute Gasteiger partial charge is 0.258 e. The van der Waals surface area contributed by atoms with Gasteiger partial charge in [0.25, 0.3) is 5.91 Å². The number of aryl methyl sites for hydroxylation is 3. The Morgan fingerprint density at radius 1 is 1.39 bits per heavy atom. The van der Waals surface area contributed by atoms with Gasteiger partial charge in [0.05, 0.1) is 16.6 Å². The number of nitrogens with zero attached hydrogens (tertiary/aromatic N) is 5. The molecule has 3 aromatic heterocycles. The maximum atomic E-state index is 12.6. The first-order valence-electron chi connectivity index (χ1n) is 6.93. The van der Waals surface area contributed by atoms with Gasteiger partial charge in [-0.1, -0.05) is 11.3 Å². The van der Waals surface area contributed by atoms with Gasteiger partial charge in [-0.25, -0.2) is 4.98 Å². The number of hydrogen-bond acceptors (Lipinski definition) is 7. The van der Waals surface area contributed by atoms with E-state index >= 15 is 0 Å². The summed E-state index contributed by atoms with van der Waals surface area (Å²) in [6.07, 6.45) is 0. The molecule has 3 rings (SSSR count). The Hall–Kier alpha value is -2.39. The van der Waals surface area contributed by atoms with E-state index in [0.29, 0.717) is 28.0 Å². The monoisotopic (exact) mass is 332 g/mol. The number of anilines is 1. The molecule has 0 radical (unpaired) electrons. The Bertz CT molecular complexity index is 885. The van der Waals surface area contributed by atoms with Gasteiger partial charge < -0.3 is 4.74 Å². The van der Waals surface area contributed by atoms with E-state index in [9.17, 15) is 4.79 Å². The lowest BCUT2D eigenvalue weighted by Crippen LogP contribution is -2.13. The molecule has 0 aliphatic heterocycles. The number of carbonyl (C=O) groups is 1. The maximum Gasteiger partial charge on any atom is 0.258 e. The predicted octanol–water partition coefficient (Wildman–Crippen LogP) is 1.84. The molecule has 3 heterocycles. The Morgan fingerprint density at radius 3 is 2.91 bits per heavy atom. The third-order valence-corrected chi connectivity index (χ3v) is 4.11. The Morgan fingerprint density at radius 2 is 2.17 bits per heavy atom. The van der Waals surface area contributed by atoms with E-state index in [2.05, 4.69) is 25.6 Å². The molecule has 0 spiro atoms. The highest BCUT2D eigenvalue weighted by Gasteiger charge is 2.19. The van der Waals surface area contributed by atoms with Crippen molar-refractivity contribution in [2.45, 2.75) is 20.5 Å². The van der Waals surface area contributed by atoms with Crippen molar-refractivity contribution in [1.82, 2.24) is 25.0 Å². The third kappa shape index (κ3) is 2.92. The minimum absolute atomic E-state index is 0.253. The van der Waals surface area contributed by atoms with Gasteiger partial charge in [0, 0.05) is 19.9 Å². The first kappa shape index (κ1) is 15.5. The molecule has 1 amide bonds. The van der Waals surface area contributed by atoms with Crippen LogP contribution in [0.25, 0.3) is 11.0 Å². The second-order valence-electron chi connectivity index (χ2n) is 5.11. The Balaban J connectivity index is 1.97. The summed E-state index contributed by atoms with van der Waals surface area (Å²) in [4.78, 5) is 17.1. The summed E-state index contributed by atoms with van der Waals surface area (Å²) >= 11 is 1.28. The normalized spacial score (nSPS) is 11.1. The van der Waals surface area contributed by atoms with Gasteiger partial charge in [0.2, 0.25) is 5.13 Å². The van der Waals surface area contributed by atoms with Crippen molar-refractivity contribution in [3.05, 3.63) is 28.0 Å². The molecule has 0 bridgehead atoms. The Labute approximate surface area is 136 Å². The molecular weight excluding hydrogens is 316 g/mol. The molecule has 0 saturated carbocycles. The van der Waals surface area contributed by atoms with E-state index in [0.717, 1.165) is 16.8 Å². The average molecular weight is 332 g/mol. The fourth-order valence-electron chi connectivity index (χ4n) is 2.40. The van der Waals surface area contributed by atoms with Crippen molar-refractivity contribution in [2.24, 2.45) is 7.05 Å². The SMILES string of the molecule is COCc1nnc(NC(=O)c2cc(C)nc3c2c(C)nn3C)s1. The zero-order chi connectivity index (χ0) is 16.6. The van der Waals surface area contributed by atoms with E-state index in [1.165, 1.54) is 11.3 Å². The van der Waals surface area contributed by atoms with E-state index < -0.39 is 0 Å². The summed E-state index contributed by atoms with van der Waals surface area (Å²) in [6, 6.07) is 1.75. The molecule has 0 saturated heterocycles. The lowest BCUT2D eigenvalue weighted by Gasteiger charge is -2.05. The number of nitrogens with one attached hydrogen (secondary N) is 1. The van der Waals surface area contributed by atoms with Crippen molar-refractivity contribution in [3.8, 4) is 0 Å². The van der Waals surface area contributed by atoms with Crippen molar-refractivity contribution in [1.29, 1.82) is 0 Å². The fraction of sp³-hybridized carbons (Fsp3) is 0.357. The summed E-state index contributed by atoms with van der Waals surface area (Å²) in [5.41, 5.74) is 2.73. The number of rotatable bonds is 4. The van der Waals surface area contributed by atoms with Crippen LogP contribution < -0.4 is 5.32 Å². The standard InChI is InChI=1S/C14H16N6O2S/c1-7-5-9(11-8(2)19-20(3)12(11)15-7)13(21)16-14-18-17-10(23-14)6-22-4/h5H,6H2,1-4H3,(H,16,18,21). The van der Waals surface area contributed by atoms with Crippen LogP contribution in [0.3, 0.4) is 0 Å². The number of methoxy groups -OCH3 is 1. The second-order valence-corrected chi connectivity index (χ2v) is 6.17. The summed E-state index contributed by atoms with van der Waals surface area (Å²) in [5, 5.41) is 16.9. The number of aromatic nitrogens is 5. The summed E-state index contributed by atoms with van der Waals surface area (Å²) < 4.78 is 6.68. The summed E-state index contributed by atoms with van der Waals surface area (Å²) in [6.45, 7) is 4.08. The number of pyridine rings is 1. The van der Waals surface area contributed by atoms with Crippen LogP contribution in [0.1, 0.15) is 26.8 Å². The van der Waals surface area contributed by atoms with Crippen LogP contribution in [0.2, 0.25) is 0 Å². The van der Waals surface area contributed by atoms with Gasteiger partial charge in [-0.3, -0.25) is 14.8 Å². The fourth-order valence-corrected chi connectivity index (χ4v) is 3.11. The van der Waals surface area contributed by atoms with Gasteiger partial charge in [-0.05, 0) is 19.9 Å². The zero-order valence-electron chi connectivity index (χ0n) is 13.2. The van der Waals surface area contributed by atoms with Crippen LogP contribution in [0.15, 0.2) is 6.07 Å². The number of fused-ring (bicyclic) bond motifs is 1. The highest BCUT2D eigenvalue weighted by atomic mass is 32.1. The minimum atomic E-state index is -0.253. The lowest BCUT2D eigenvalue weighted by molar-refractivity contribution is 0.102. The molecule has 23 heavy (non-hydrogen) atoms. The Kier molecular flexibility index (Phi) is 4.05. The van der Waals surface area contributed by atoms with Crippen LogP contribution in [0, 0.1) is 13.8 Å². The molecule has 0 aliphatic carbocycles. The summed E-state index contributed by atoms with van der Waals surface area (Å²) in [5.74, 6) is -0.253. The van der Waals surface area contributed by atoms with Crippen LogP contribution in [-0.2, 0) is 18.4 Å². The van der Waals surface area contributed by atoms with Crippen LogP contribution >= 0.6 is 11.3 Å². The van der Waals surface area contributed by atoms with E-state index in [-0.39, 0.29) is 5.91 Å². The van der Waals surface area contributed by atoms with Crippen molar-refractivity contribution >= 4 is 33.4 Å². The van der Waals surface area contributed by atoms with E-state index in [1.54, 1.807) is 17.9 Å². The molecule has 0 aromatic carbocycles. The first-order chi connectivity index (χ1) is 11.0. The predicted molar refractivity (Wildman–Crippen MR) is 86.6 cm³/mol. The largest absolute Gasteiger partial charge is 0.377 e. The molecule has 1 N–H and O–H groups in total. The third-order valence-electron chi connectivity index (χ3n) is 3.30. The quantitative estimate of drug-likeness (QED) is 0.783. The summed E-state index contributed by atoms with van der Waals surface area (Å²) in [7, 11) is 3.40.